The van der Waals surface area contributed by atoms with Crippen molar-refractivity contribution in [3.05, 3.63) is 104 Å². The van der Waals surface area contributed by atoms with E-state index in [2.05, 4.69) is 48.5 Å². The summed E-state index contributed by atoms with van der Waals surface area (Å²) in [4.78, 5) is 30.2. The fourth-order valence-electron chi connectivity index (χ4n) is 7.58. The van der Waals surface area contributed by atoms with Crippen molar-refractivity contribution < 1.29 is 28.5 Å². The van der Waals surface area contributed by atoms with E-state index in [9.17, 15) is 9.59 Å². The van der Waals surface area contributed by atoms with E-state index in [4.69, 9.17) is 18.9 Å². The van der Waals surface area contributed by atoms with E-state index in [1.807, 2.05) is 81.6 Å². The molecule has 7 nitrogen and oxygen atoms in total. The molecule has 8 heteroatoms. The first-order chi connectivity index (χ1) is 23.8. The Morgan fingerprint density at radius 1 is 0.680 bits per heavy atom. The Labute approximate surface area is 304 Å². The zero-order chi connectivity index (χ0) is 35.8. The van der Waals surface area contributed by atoms with Gasteiger partial charge in [-0.1, -0.05) is 64.1 Å². The predicted molar refractivity (Wildman–Crippen MR) is 199 cm³/mol. The number of hydrogen-bond donors (Lipinski definition) is 0. The summed E-state index contributed by atoms with van der Waals surface area (Å²) in [5.74, 6) is 2.18. The van der Waals surface area contributed by atoms with Gasteiger partial charge in [0.1, 0.15) is 13.2 Å². The third-order valence-electron chi connectivity index (χ3n) is 9.77. The molecule has 0 bridgehead atoms. The molecule has 6 rings (SSSR count). The lowest BCUT2D eigenvalue weighted by molar-refractivity contribution is -0.119. The Hall–Kier alpha value is -4.04. The summed E-state index contributed by atoms with van der Waals surface area (Å²) >= 11 is 3.79. The van der Waals surface area contributed by atoms with Gasteiger partial charge in [-0.3, -0.25) is 9.59 Å². The number of carbonyl (C=O) groups is 2. The van der Waals surface area contributed by atoms with Gasteiger partial charge >= 0.3 is 0 Å². The summed E-state index contributed by atoms with van der Waals surface area (Å²) in [7, 11) is 2.03. The molecule has 0 atom stereocenters. The molecule has 0 saturated heterocycles. The Balaban J connectivity index is 1.33. The van der Waals surface area contributed by atoms with Crippen molar-refractivity contribution >= 4 is 27.5 Å². The zero-order valence-electron chi connectivity index (χ0n) is 30.3. The Morgan fingerprint density at radius 2 is 1.26 bits per heavy atom. The van der Waals surface area contributed by atoms with Crippen LogP contribution >= 0.6 is 15.9 Å². The first-order valence-corrected chi connectivity index (χ1v) is 18.4. The largest absolute Gasteiger partial charge is 0.490 e. The molecule has 0 aromatic heterocycles. The van der Waals surface area contributed by atoms with E-state index in [1.54, 1.807) is 0 Å². The molecule has 1 aliphatic heterocycles. The van der Waals surface area contributed by atoms with E-state index in [-0.39, 0.29) is 29.0 Å². The van der Waals surface area contributed by atoms with Gasteiger partial charge in [-0.15, -0.1) is 0 Å². The Kier molecular flexibility index (Phi) is 10.2. The first kappa shape index (κ1) is 35.8. The SMILES string of the molecule is CCOc1cc(COc2c(Br)cc(C3C4=C(CC(C)(C)CC4=O)N(C)C4=C3C(=O)CC(C)(C)C4)cc2OCC)ccc1OCc1ccccc1. The molecule has 3 aliphatic rings. The van der Waals surface area contributed by atoms with Crippen LogP contribution in [0.25, 0.3) is 0 Å². The maximum absolute atomic E-state index is 14.0. The summed E-state index contributed by atoms with van der Waals surface area (Å²) < 4.78 is 25.4. The van der Waals surface area contributed by atoms with E-state index in [0.29, 0.717) is 60.1 Å². The number of benzene rings is 3. The highest BCUT2D eigenvalue weighted by Gasteiger charge is 2.48. The number of carbonyl (C=O) groups excluding carboxylic acids is 2. The third kappa shape index (κ3) is 7.36. The van der Waals surface area contributed by atoms with Crippen LogP contribution in [0.2, 0.25) is 0 Å². The van der Waals surface area contributed by atoms with Crippen molar-refractivity contribution in [3.8, 4) is 23.0 Å². The number of ketones is 2. The minimum absolute atomic E-state index is 0.105. The van der Waals surface area contributed by atoms with Gasteiger partial charge in [-0.05, 0) is 94.4 Å². The molecular weight excluding hydrogens is 694 g/mol. The summed E-state index contributed by atoms with van der Waals surface area (Å²) in [6, 6.07) is 19.8. The normalized spacial score (nSPS) is 18.5. The average Bonchev–Trinajstić information content (AvgIpc) is 3.04. The van der Waals surface area contributed by atoms with Crippen molar-refractivity contribution in [2.75, 3.05) is 20.3 Å². The maximum Gasteiger partial charge on any atom is 0.175 e. The second-order valence-corrected chi connectivity index (χ2v) is 16.0. The Morgan fingerprint density at radius 3 is 1.86 bits per heavy atom. The summed E-state index contributed by atoms with van der Waals surface area (Å²) in [5, 5.41) is 0. The lowest BCUT2D eigenvalue weighted by atomic mass is 9.64. The molecule has 0 amide bonds. The minimum Gasteiger partial charge on any atom is -0.490 e. The van der Waals surface area contributed by atoms with Crippen molar-refractivity contribution in [1.82, 2.24) is 4.90 Å². The predicted octanol–water partition coefficient (Wildman–Crippen LogP) is 9.72. The fraction of sp³-hybridized carbons (Fsp3) is 0.429. The standard InChI is InChI=1S/C42H48BrNO6/c1-8-47-35-17-27(15-16-34(35)49-24-26-13-11-10-12-14-26)25-50-40-29(43)18-28(19-36(40)48-9-2)37-38-30(20-41(3,4)22-32(38)45)44(7)31-21-42(5,6)23-33(46)39(31)37/h10-19,37H,8-9,20-25H2,1-7H3. The molecule has 0 unspecified atom stereocenters. The number of allylic oxidation sites excluding steroid dienone is 4. The highest BCUT2D eigenvalue weighted by Crippen LogP contribution is 2.55. The molecule has 3 aromatic rings. The third-order valence-corrected chi connectivity index (χ3v) is 10.4. The molecule has 2 aliphatic carbocycles. The monoisotopic (exact) mass is 741 g/mol. The minimum atomic E-state index is -0.467. The van der Waals surface area contributed by atoms with Gasteiger partial charge < -0.3 is 23.8 Å². The van der Waals surface area contributed by atoms with E-state index >= 15 is 0 Å². The summed E-state index contributed by atoms with van der Waals surface area (Å²) in [6.45, 7) is 14.1. The lowest BCUT2D eigenvalue weighted by Gasteiger charge is -2.48. The van der Waals surface area contributed by atoms with Crippen LogP contribution in [0.3, 0.4) is 0 Å². The molecule has 0 fully saturated rings. The summed E-state index contributed by atoms with van der Waals surface area (Å²) in [6.07, 6.45) is 2.43. The highest BCUT2D eigenvalue weighted by atomic mass is 79.9. The van der Waals surface area contributed by atoms with Gasteiger partial charge in [0.05, 0.1) is 17.7 Å². The van der Waals surface area contributed by atoms with Crippen LogP contribution in [-0.2, 0) is 22.8 Å². The first-order valence-electron chi connectivity index (χ1n) is 17.6. The molecular formula is C42H48BrNO6. The van der Waals surface area contributed by atoms with Crippen LogP contribution < -0.4 is 18.9 Å². The lowest BCUT2D eigenvalue weighted by Crippen LogP contribution is -2.43. The van der Waals surface area contributed by atoms with Crippen LogP contribution in [-0.4, -0.2) is 36.7 Å². The van der Waals surface area contributed by atoms with Crippen molar-refractivity contribution in [1.29, 1.82) is 0 Å². The smallest absolute Gasteiger partial charge is 0.175 e. The van der Waals surface area contributed by atoms with Crippen molar-refractivity contribution in [2.45, 2.75) is 86.4 Å². The average molecular weight is 743 g/mol. The number of ether oxygens (including phenoxy) is 4. The van der Waals surface area contributed by atoms with Crippen LogP contribution in [0.15, 0.2) is 87.7 Å². The van der Waals surface area contributed by atoms with E-state index in [1.165, 1.54) is 0 Å². The molecule has 1 heterocycles. The molecule has 264 valence electrons. The second kappa shape index (κ2) is 14.3. The Bertz CT molecular complexity index is 1800. The van der Waals surface area contributed by atoms with Gasteiger partial charge in [0, 0.05) is 48.3 Å². The van der Waals surface area contributed by atoms with Gasteiger partial charge in [-0.25, -0.2) is 0 Å². The number of rotatable bonds is 11. The van der Waals surface area contributed by atoms with Gasteiger partial charge in [0.15, 0.2) is 34.6 Å². The van der Waals surface area contributed by atoms with Crippen LogP contribution in [0.5, 0.6) is 23.0 Å². The quantitative estimate of drug-likeness (QED) is 0.194. The van der Waals surface area contributed by atoms with E-state index in [0.717, 1.165) is 52.1 Å². The highest BCUT2D eigenvalue weighted by molar-refractivity contribution is 9.10. The molecule has 0 spiro atoms. The molecule has 0 radical (unpaired) electrons. The number of halogens is 1. The van der Waals surface area contributed by atoms with Crippen LogP contribution in [0.1, 0.15) is 89.8 Å². The fourth-order valence-corrected chi connectivity index (χ4v) is 8.15. The number of nitrogens with zero attached hydrogens (tertiary/aromatic N) is 1. The van der Waals surface area contributed by atoms with Crippen LogP contribution in [0.4, 0.5) is 0 Å². The van der Waals surface area contributed by atoms with Gasteiger partial charge in [-0.2, -0.15) is 0 Å². The zero-order valence-corrected chi connectivity index (χ0v) is 31.9. The van der Waals surface area contributed by atoms with Crippen LogP contribution in [0, 0.1) is 10.8 Å². The second-order valence-electron chi connectivity index (χ2n) is 15.1. The number of hydrogen-bond acceptors (Lipinski definition) is 7. The van der Waals surface area contributed by atoms with Gasteiger partial charge in [0.2, 0.25) is 0 Å². The molecule has 0 N–H and O–H groups in total. The molecule has 3 aromatic carbocycles. The van der Waals surface area contributed by atoms with E-state index < -0.39 is 5.92 Å². The maximum atomic E-state index is 14.0. The molecule has 50 heavy (non-hydrogen) atoms. The van der Waals surface area contributed by atoms with Crippen molar-refractivity contribution in [2.24, 2.45) is 10.8 Å². The molecule has 0 saturated carbocycles. The van der Waals surface area contributed by atoms with Gasteiger partial charge in [0.25, 0.3) is 0 Å². The number of Topliss-reactive ketones (excluding diaryl/α,β-unsaturated/α-hetero) is 2. The summed E-state index contributed by atoms with van der Waals surface area (Å²) in [5.41, 5.74) is 6.03. The van der Waals surface area contributed by atoms with Crippen molar-refractivity contribution in [3.63, 3.8) is 0 Å². The topological polar surface area (TPSA) is 74.3 Å².